The SMILES string of the molecule is CCOc1ccc([C@@H](c2nnnn2C2CCCC2)N2CCN(c3ccc(OC)cc3)CC2)cc1. The molecule has 0 unspecified atom stereocenters. The lowest BCUT2D eigenvalue weighted by Gasteiger charge is -2.40. The maximum atomic E-state index is 5.69. The maximum Gasteiger partial charge on any atom is 0.173 e. The molecule has 1 aliphatic heterocycles. The second-order valence-electron chi connectivity index (χ2n) is 9.05. The Hall–Kier alpha value is -3.13. The van der Waals surface area contributed by atoms with Gasteiger partial charge in [0.05, 0.1) is 25.8 Å². The second-order valence-corrected chi connectivity index (χ2v) is 9.05. The quantitative estimate of drug-likeness (QED) is 0.499. The van der Waals surface area contributed by atoms with Gasteiger partial charge in [0.25, 0.3) is 0 Å². The van der Waals surface area contributed by atoms with Crippen LogP contribution in [0.1, 0.15) is 56.1 Å². The highest BCUT2D eigenvalue weighted by atomic mass is 16.5. The first-order valence-electron chi connectivity index (χ1n) is 12.4. The molecule has 8 nitrogen and oxygen atoms in total. The average Bonchev–Trinajstić information content (AvgIpc) is 3.58. The topological polar surface area (TPSA) is 68.5 Å². The van der Waals surface area contributed by atoms with E-state index >= 15 is 0 Å². The Kier molecular flexibility index (Phi) is 6.94. The molecule has 0 amide bonds. The van der Waals surface area contributed by atoms with Crippen molar-refractivity contribution in [2.75, 3.05) is 44.8 Å². The number of nitrogens with zero attached hydrogens (tertiary/aromatic N) is 6. The van der Waals surface area contributed by atoms with Gasteiger partial charge >= 0.3 is 0 Å². The number of hydrogen-bond acceptors (Lipinski definition) is 7. The number of hydrogen-bond donors (Lipinski definition) is 0. The van der Waals surface area contributed by atoms with E-state index in [4.69, 9.17) is 9.47 Å². The van der Waals surface area contributed by atoms with Crippen LogP contribution in [0.4, 0.5) is 5.69 Å². The van der Waals surface area contributed by atoms with Crippen molar-refractivity contribution in [3.63, 3.8) is 0 Å². The molecule has 2 aromatic carbocycles. The largest absolute Gasteiger partial charge is 0.497 e. The molecule has 180 valence electrons. The van der Waals surface area contributed by atoms with E-state index < -0.39 is 0 Å². The van der Waals surface area contributed by atoms with Crippen molar-refractivity contribution in [1.29, 1.82) is 0 Å². The Morgan fingerprint density at radius 1 is 0.912 bits per heavy atom. The molecule has 0 spiro atoms. The minimum atomic E-state index is 0.0179. The Bertz CT molecular complexity index is 1040. The molecule has 1 aliphatic carbocycles. The Labute approximate surface area is 201 Å². The first kappa shape index (κ1) is 22.7. The van der Waals surface area contributed by atoms with Gasteiger partial charge in [0, 0.05) is 31.9 Å². The molecule has 1 saturated carbocycles. The summed E-state index contributed by atoms with van der Waals surface area (Å²) in [6, 6.07) is 17.2. The Balaban J connectivity index is 1.39. The zero-order valence-electron chi connectivity index (χ0n) is 20.1. The highest BCUT2D eigenvalue weighted by molar-refractivity contribution is 5.49. The minimum absolute atomic E-state index is 0.0179. The third-order valence-corrected chi connectivity index (χ3v) is 7.06. The van der Waals surface area contributed by atoms with E-state index in [2.05, 4.69) is 66.4 Å². The van der Waals surface area contributed by atoms with Crippen LogP contribution in [-0.4, -0.2) is 65.0 Å². The van der Waals surface area contributed by atoms with E-state index in [1.54, 1.807) is 7.11 Å². The summed E-state index contributed by atoms with van der Waals surface area (Å²) in [6.45, 7) is 6.43. The number of rotatable bonds is 8. The number of aromatic nitrogens is 4. The Morgan fingerprint density at radius 3 is 2.24 bits per heavy atom. The number of anilines is 1. The van der Waals surface area contributed by atoms with Gasteiger partial charge in [0.1, 0.15) is 11.5 Å². The number of ether oxygens (including phenoxy) is 2. The molecule has 2 heterocycles. The van der Waals surface area contributed by atoms with Crippen molar-refractivity contribution in [2.45, 2.75) is 44.7 Å². The van der Waals surface area contributed by atoms with E-state index in [0.29, 0.717) is 12.6 Å². The van der Waals surface area contributed by atoms with Crippen molar-refractivity contribution in [3.05, 3.63) is 59.9 Å². The van der Waals surface area contributed by atoms with Crippen LogP contribution in [0.2, 0.25) is 0 Å². The highest BCUT2D eigenvalue weighted by Crippen LogP contribution is 2.35. The monoisotopic (exact) mass is 462 g/mol. The summed E-state index contributed by atoms with van der Waals surface area (Å²) >= 11 is 0. The van der Waals surface area contributed by atoms with Crippen molar-refractivity contribution in [2.24, 2.45) is 0 Å². The summed E-state index contributed by atoms with van der Waals surface area (Å²) in [5.41, 5.74) is 2.43. The van der Waals surface area contributed by atoms with Gasteiger partial charge in [-0.2, -0.15) is 0 Å². The highest BCUT2D eigenvalue weighted by Gasteiger charge is 2.33. The average molecular weight is 463 g/mol. The molecular formula is C26H34N6O2. The lowest BCUT2D eigenvalue weighted by molar-refractivity contribution is 0.197. The molecule has 5 rings (SSSR count). The smallest absolute Gasteiger partial charge is 0.173 e. The standard InChI is InChI=1S/C26H34N6O2/c1-3-34-24-12-8-20(9-13-24)25(26-27-28-29-32(26)22-6-4-5-7-22)31-18-16-30(17-19-31)21-10-14-23(33-2)15-11-21/h8-15,22,25H,3-7,16-19H2,1-2H3/t25-/m0/s1. The normalized spacial score (nSPS) is 18.2. The Morgan fingerprint density at radius 2 is 1.59 bits per heavy atom. The predicted molar refractivity (Wildman–Crippen MR) is 132 cm³/mol. The van der Waals surface area contributed by atoms with Crippen molar-refractivity contribution in [1.82, 2.24) is 25.1 Å². The summed E-state index contributed by atoms with van der Waals surface area (Å²) in [5.74, 6) is 2.73. The lowest BCUT2D eigenvalue weighted by Crippen LogP contribution is -2.48. The summed E-state index contributed by atoms with van der Waals surface area (Å²) in [6.07, 6.45) is 4.80. The minimum Gasteiger partial charge on any atom is -0.497 e. The molecule has 1 saturated heterocycles. The lowest BCUT2D eigenvalue weighted by atomic mass is 10.0. The zero-order chi connectivity index (χ0) is 23.3. The van der Waals surface area contributed by atoms with Crippen molar-refractivity contribution < 1.29 is 9.47 Å². The molecule has 3 aromatic rings. The fraction of sp³-hybridized carbons (Fsp3) is 0.500. The fourth-order valence-corrected chi connectivity index (χ4v) is 5.26. The summed E-state index contributed by atoms with van der Waals surface area (Å²) < 4.78 is 13.1. The molecule has 34 heavy (non-hydrogen) atoms. The molecule has 8 heteroatoms. The van der Waals surface area contributed by atoms with Crippen LogP contribution in [0.5, 0.6) is 11.5 Å². The first-order valence-corrected chi connectivity index (χ1v) is 12.4. The van der Waals surface area contributed by atoms with Gasteiger partial charge in [-0.25, -0.2) is 4.68 Å². The summed E-state index contributed by atoms with van der Waals surface area (Å²) in [7, 11) is 1.70. The maximum absolute atomic E-state index is 5.69. The third-order valence-electron chi connectivity index (χ3n) is 7.06. The summed E-state index contributed by atoms with van der Waals surface area (Å²) in [4.78, 5) is 4.96. The fourth-order valence-electron chi connectivity index (χ4n) is 5.26. The van der Waals surface area contributed by atoms with Gasteiger partial charge in [0.2, 0.25) is 0 Å². The van der Waals surface area contributed by atoms with E-state index in [0.717, 1.165) is 56.3 Å². The van der Waals surface area contributed by atoms with Crippen LogP contribution in [0.3, 0.4) is 0 Å². The van der Waals surface area contributed by atoms with Crippen LogP contribution in [0, 0.1) is 0 Å². The molecule has 0 bridgehead atoms. The van der Waals surface area contributed by atoms with Crippen molar-refractivity contribution >= 4 is 5.69 Å². The number of piperazine rings is 1. The molecule has 0 N–H and O–H groups in total. The van der Waals surface area contributed by atoms with Gasteiger partial charge in [-0.3, -0.25) is 4.90 Å². The zero-order valence-corrected chi connectivity index (χ0v) is 20.1. The van der Waals surface area contributed by atoms with Crippen molar-refractivity contribution in [3.8, 4) is 11.5 Å². The van der Waals surface area contributed by atoms with Gasteiger partial charge in [-0.1, -0.05) is 25.0 Å². The van der Waals surface area contributed by atoms with Crippen LogP contribution in [-0.2, 0) is 0 Å². The molecule has 2 aliphatic rings. The van der Waals surface area contributed by atoms with Gasteiger partial charge in [-0.05, 0) is 72.2 Å². The van der Waals surface area contributed by atoms with Crippen LogP contribution in [0.15, 0.2) is 48.5 Å². The molecule has 1 aromatic heterocycles. The first-order chi connectivity index (χ1) is 16.8. The molecule has 0 radical (unpaired) electrons. The van der Waals surface area contributed by atoms with E-state index in [-0.39, 0.29) is 6.04 Å². The number of methoxy groups -OCH3 is 1. The van der Waals surface area contributed by atoms with Gasteiger partial charge in [-0.15, -0.1) is 5.10 Å². The third kappa shape index (κ3) is 4.73. The molecule has 2 fully saturated rings. The van der Waals surface area contributed by atoms with E-state index in [1.807, 2.05) is 19.1 Å². The number of tetrazole rings is 1. The second kappa shape index (κ2) is 10.4. The van der Waals surface area contributed by atoms with Crippen LogP contribution < -0.4 is 14.4 Å². The van der Waals surface area contributed by atoms with Crippen LogP contribution in [0.25, 0.3) is 0 Å². The molecular weight excluding hydrogens is 428 g/mol. The van der Waals surface area contributed by atoms with E-state index in [9.17, 15) is 0 Å². The van der Waals surface area contributed by atoms with Gasteiger partial charge < -0.3 is 14.4 Å². The van der Waals surface area contributed by atoms with Gasteiger partial charge in [0.15, 0.2) is 5.82 Å². The summed E-state index contributed by atoms with van der Waals surface area (Å²) in [5, 5.41) is 13.1. The van der Waals surface area contributed by atoms with E-state index in [1.165, 1.54) is 24.1 Å². The predicted octanol–water partition coefficient (Wildman–Crippen LogP) is 4.11. The molecule has 1 atom stereocenters. The number of benzene rings is 2. The van der Waals surface area contributed by atoms with Crippen LogP contribution >= 0.6 is 0 Å².